The molecule has 0 heterocycles. The molecule has 11 heteroatoms. The highest BCUT2D eigenvalue weighted by Gasteiger charge is 2.15. The van der Waals surface area contributed by atoms with Crippen molar-refractivity contribution in [2.75, 3.05) is 13.1 Å². The van der Waals surface area contributed by atoms with Gasteiger partial charge in [-0.2, -0.15) is 0 Å². The Bertz CT molecular complexity index is 1760. The third-order valence-corrected chi connectivity index (χ3v) is 8.79. The van der Waals surface area contributed by atoms with Gasteiger partial charge in [0.25, 0.3) is 0 Å². The summed E-state index contributed by atoms with van der Waals surface area (Å²) in [6.07, 6.45) is -2.51. The second-order valence-electron chi connectivity index (χ2n) is 12.4. The Labute approximate surface area is 297 Å². The first kappa shape index (κ1) is 38.4. The Morgan fingerprint density at radius 1 is 0.700 bits per heavy atom. The molecular formula is C39H45ClN2O8. The summed E-state index contributed by atoms with van der Waals surface area (Å²) in [5.74, 6) is -0.777. The molecule has 0 bridgehead atoms. The number of nitrogens with one attached hydrogen (secondary N) is 2. The molecule has 0 spiro atoms. The van der Waals surface area contributed by atoms with Crippen molar-refractivity contribution in [2.45, 2.75) is 72.1 Å². The van der Waals surface area contributed by atoms with Crippen LogP contribution in [0.5, 0.6) is 11.5 Å². The third kappa shape index (κ3) is 11.3. The number of ether oxygens (including phenoxy) is 2. The lowest BCUT2D eigenvalue weighted by molar-refractivity contribution is -0.140. The lowest BCUT2D eigenvalue weighted by atomic mass is 9.92. The van der Waals surface area contributed by atoms with Crippen LogP contribution in [0.4, 0.5) is 0 Å². The number of carboxylic acid groups (broad SMARTS) is 2. The molecule has 0 aromatic heterocycles. The van der Waals surface area contributed by atoms with Gasteiger partial charge in [-0.25, -0.2) is 0 Å². The smallest absolute Gasteiger partial charge is 0.306 e. The van der Waals surface area contributed by atoms with E-state index >= 15 is 0 Å². The molecule has 0 aliphatic heterocycles. The molecule has 0 saturated carbocycles. The zero-order chi connectivity index (χ0) is 36.2. The topological polar surface area (TPSA) is 158 Å². The quantitative estimate of drug-likeness (QED) is 0.0690. The zero-order valence-electron chi connectivity index (χ0n) is 28.5. The predicted molar refractivity (Wildman–Crippen MR) is 193 cm³/mol. The molecule has 4 aromatic rings. The van der Waals surface area contributed by atoms with Crippen molar-refractivity contribution >= 4 is 23.5 Å². The van der Waals surface area contributed by atoms with Crippen LogP contribution in [0.3, 0.4) is 0 Å². The monoisotopic (exact) mass is 704 g/mol. The number of aliphatic carboxylic acids is 2. The maximum absolute atomic E-state index is 10.8. The van der Waals surface area contributed by atoms with E-state index in [0.29, 0.717) is 37.1 Å². The van der Waals surface area contributed by atoms with Gasteiger partial charge in [-0.05, 0) is 95.1 Å². The standard InChI is InChI=1S/C39H45ClN2O8/c1-24-14-37(36(40)15-30(24)19-42-21-32(44)17-39(47)48)50-23-29-7-5-9-35(26(29)3)34-8-4-6-28(25(34)2)22-49-33-12-10-27(11-13-33)18-41-20-31(43)16-38(45)46/h4-15,31-32,41-44H,16-23H2,1-3H3,(H,45,46)(H,47,48)/t31-,32-/m0/s1. The van der Waals surface area contributed by atoms with Crippen LogP contribution in [-0.4, -0.2) is 57.7 Å². The highest BCUT2D eigenvalue weighted by Crippen LogP contribution is 2.33. The van der Waals surface area contributed by atoms with Crippen LogP contribution < -0.4 is 20.1 Å². The Morgan fingerprint density at radius 3 is 1.76 bits per heavy atom. The van der Waals surface area contributed by atoms with Gasteiger partial charge in [0.15, 0.2) is 0 Å². The van der Waals surface area contributed by atoms with Gasteiger partial charge in [-0.1, -0.05) is 60.1 Å². The Morgan fingerprint density at radius 2 is 1.22 bits per heavy atom. The normalized spacial score (nSPS) is 12.4. The maximum atomic E-state index is 10.8. The van der Waals surface area contributed by atoms with E-state index < -0.39 is 24.1 Å². The predicted octanol–water partition coefficient (Wildman–Crippen LogP) is 5.94. The summed E-state index contributed by atoms with van der Waals surface area (Å²) in [6, 6.07) is 23.7. The number of aliphatic hydroxyl groups excluding tert-OH is 2. The summed E-state index contributed by atoms with van der Waals surface area (Å²) >= 11 is 6.59. The van der Waals surface area contributed by atoms with E-state index in [1.807, 2.05) is 61.5 Å². The molecule has 6 N–H and O–H groups in total. The Hall–Kier alpha value is -4.45. The average Bonchev–Trinajstić information content (AvgIpc) is 3.05. The number of carbonyl (C=O) groups is 2. The lowest BCUT2D eigenvalue weighted by Gasteiger charge is -2.18. The molecular weight excluding hydrogens is 660 g/mol. The van der Waals surface area contributed by atoms with E-state index in [9.17, 15) is 19.8 Å². The molecule has 50 heavy (non-hydrogen) atoms. The third-order valence-electron chi connectivity index (χ3n) is 8.50. The minimum absolute atomic E-state index is 0.160. The van der Waals surface area contributed by atoms with E-state index in [1.54, 1.807) is 0 Å². The van der Waals surface area contributed by atoms with E-state index in [-0.39, 0.29) is 25.9 Å². The lowest BCUT2D eigenvalue weighted by Crippen LogP contribution is -2.28. The van der Waals surface area contributed by atoms with Crippen molar-refractivity contribution < 1.29 is 39.5 Å². The van der Waals surface area contributed by atoms with Gasteiger partial charge in [-0.15, -0.1) is 0 Å². The Kier molecular flexibility index (Phi) is 14.2. The summed E-state index contributed by atoms with van der Waals surface area (Å²) < 4.78 is 12.3. The number of carboxylic acids is 2. The summed E-state index contributed by atoms with van der Waals surface area (Å²) in [5.41, 5.74) is 9.41. The van der Waals surface area contributed by atoms with Crippen molar-refractivity contribution in [3.63, 3.8) is 0 Å². The van der Waals surface area contributed by atoms with Gasteiger partial charge in [0.05, 0.1) is 30.1 Å². The Balaban J connectivity index is 1.36. The van der Waals surface area contributed by atoms with Gasteiger partial charge < -0.3 is 40.5 Å². The summed E-state index contributed by atoms with van der Waals surface area (Å²) in [4.78, 5) is 21.5. The molecule has 0 aliphatic rings. The van der Waals surface area contributed by atoms with Crippen molar-refractivity contribution in [2.24, 2.45) is 0 Å². The fourth-order valence-corrected chi connectivity index (χ4v) is 5.83. The number of hydrogen-bond donors (Lipinski definition) is 6. The van der Waals surface area contributed by atoms with E-state index in [4.69, 9.17) is 31.3 Å². The summed E-state index contributed by atoms with van der Waals surface area (Å²) in [6.45, 7) is 8.15. The second-order valence-corrected chi connectivity index (χ2v) is 12.8. The first-order valence-corrected chi connectivity index (χ1v) is 16.8. The van der Waals surface area contributed by atoms with Crippen LogP contribution in [0.2, 0.25) is 5.02 Å². The molecule has 0 amide bonds. The highest BCUT2D eigenvalue weighted by molar-refractivity contribution is 6.32. The number of aliphatic hydroxyl groups is 2. The number of benzene rings is 4. The van der Waals surface area contributed by atoms with Crippen LogP contribution in [0.1, 0.15) is 51.8 Å². The van der Waals surface area contributed by atoms with Gasteiger partial charge in [-0.3, -0.25) is 9.59 Å². The molecule has 0 radical (unpaired) electrons. The second kappa shape index (κ2) is 18.5. The van der Waals surface area contributed by atoms with E-state index in [0.717, 1.165) is 55.8 Å². The van der Waals surface area contributed by atoms with Crippen LogP contribution in [-0.2, 0) is 35.9 Å². The number of halogens is 1. The number of rotatable bonds is 19. The molecule has 0 fully saturated rings. The highest BCUT2D eigenvalue weighted by atomic mass is 35.5. The summed E-state index contributed by atoms with van der Waals surface area (Å²) in [7, 11) is 0. The average molecular weight is 705 g/mol. The SMILES string of the molecule is Cc1cc(OCc2cccc(-c3cccc(COc4ccc(CNC[C@@H](O)CC(=O)O)cc4)c3C)c2C)c(Cl)cc1CNC[C@@H](O)CC(=O)O. The van der Waals surface area contributed by atoms with Gasteiger partial charge in [0.2, 0.25) is 0 Å². The van der Waals surface area contributed by atoms with Gasteiger partial charge in [0, 0.05) is 26.2 Å². The van der Waals surface area contributed by atoms with E-state index in [2.05, 4.69) is 42.7 Å². The van der Waals surface area contributed by atoms with Crippen molar-refractivity contribution in [3.8, 4) is 22.6 Å². The molecule has 4 rings (SSSR count). The van der Waals surface area contributed by atoms with Gasteiger partial charge in [0.1, 0.15) is 24.7 Å². The first-order valence-electron chi connectivity index (χ1n) is 16.4. The summed E-state index contributed by atoms with van der Waals surface area (Å²) in [5, 5.41) is 43.7. The first-order chi connectivity index (χ1) is 23.9. The van der Waals surface area contributed by atoms with Crippen LogP contribution in [0.25, 0.3) is 11.1 Å². The molecule has 4 aromatic carbocycles. The zero-order valence-corrected chi connectivity index (χ0v) is 29.3. The van der Waals surface area contributed by atoms with Crippen molar-refractivity contribution in [1.82, 2.24) is 10.6 Å². The number of aryl methyl sites for hydroxylation is 1. The minimum Gasteiger partial charge on any atom is -0.489 e. The van der Waals surface area contributed by atoms with Crippen LogP contribution in [0, 0.1) is 20.8 Å². The maximum Gasteiger partial charge on any atom is 0.306 e. The van der Waals surface area contributed by atoms with Gasteiger partial charge >= 0.3 is 11.9 Å². The number of hydrogen-bond acceptors (Lipinski definition) is 8. The van der Waals surface area contributed by atoms with Crippen LogP contribution in [0.15, 0.2) is 72.8 Å². The van der Waals surface area contributed by atoms with Crippen molar-refractivity contribution in [1.29, 1.82) is 0 Å². The fraction of sp³-hybridized carbons (Fsp3) is 0.333. The van der Waals surface area contributed by atoms with E-state index in [1.165, 1.54) is 0 Å². The fourth-order valence-electron chi connectivity index (χ4n) is 5.58. The molecule has 0 unspecified atom stereocenters. The molecule has 2 atom stereocenters. The largest absolute Gasteiger partial charge is 0.489 e. The molecule has 10 nitrogen and oxygen atoms in total. The molecule has 0 aliphatic carbocycles. The minimum atomic E-state index is -1.04. The van der Waals surface area contributed by atoms with Crippen LogP contribution >= 0.6 is 11.6 Å². The molecule has 266 valence electrons. The van der Waals surface area contributed by atoms with Crippen molar-refractivity contribution in [3.05, 3.63) is 117 Å². The molecule has 0 saturated heterocycles.